The van der Waals surface area contributed by atoms with Gasteiger partial charge < -0.3 is 5.32 Å². The monoisotopic (exact) mass is 528 g/mol. The molecular formula is C30H34BFN4O3. The molecule has 9 heteroatoms. The van der Waals surface area contributed by atoms with E-state index in [0.717, 1.165) is 12.8 Å². The summed E-state index contributed by atoms with van der Waals surface area (Å²) in [4.78, 5) is 42.3. The van der Waals surface area contributed by atoms with E-state index in [1.54, 1.807) is 64.1 Å². The average Bonchev–Trinajstić information content (AvgIpc) is 2.86. The van der Waals surface area contributed by atoms with E-state index in [0.29, 0.717) is 45.8 Å². The predicted molar refractivity (Wildman–Crippen MR) is 152 cm³/mol. The zero-order valence-corrected chi connectivity index (χ0v) is 23.2. The Bertz CT molecular complexity index is 1470. The Hall–Kier alpha value is -3.88. The number of nitrogens with zero attached hydrogens (tertiary/aromatic N) is 2. The second-order valence-corrected chi connectivity index (χ2v) is 10.6. The van der Waals surface area contributed by atoms with Crippen molar-refractivity contribution in [1.29, 1.82) is 5.41 Å². The van der Waals surface area contributed by atoms with Crippen molar-refractivity contribution < 1.29 is 14.0 Å². The quantitative estimate of drug-likeness (QED) is 0.229. The van der Waals surface area contributed by atoms with Crippen LogP contribution in [0.3, 0.4) is 0 Å². The molecule has 0 atom stereocenters. The van der Waals surface area contributed by atoms with Crippen molar-refractivity contribution in [1.82, 2.24) is 14.9 Å². The smallest absolute Gasteiger partial charge is 0.257 e. The highest BCUT2D eigenvalue weighted by atomic mass is 19.1. The van der Waals surface area contributed by atoms with Crippen molar-refractivity contribution in [2.75, 3.05) is 0 Å². The van der Waals surface area contributed by atoms with Gasteiger partial charge in [-0.15, -0.1) is 0 Å². The molecule has 3 aromatic rings. The fourth-order valence-corrected chi connectivity index (χ4v) is 4.24. The van der Waals surface area contributed by atoms with E-state index in [4.69, 9.17) is 13.3 Å². The number of unbranched alkanes of at least 4 members (excludes halogenated alkanes) is 1. The lowest BCUT2D eigenvalue weighted by molar-refractivity contribution is -0.127. The molecule has 0 unspecified atom stereocenters. The van der Waals surface area contributed by atoms with Crippen LogP contribution in [0.2, 0.25) is 0 Å². The maximum atomic E-state index is 15.5. The number of halogens is 1. The third-order valence-corrected chi connectivity index (χ3v) is 6.62. The predicted octanol–water partition coefficient (Wildman–Crippen LogP) is 5.11. The van der Waals surface area contributed by atoms with E-state index in [1.807, 2.05) is 6.92 Å². The van der Waals surface area contributed by atoms with Gasteiger partial charge in [0.05, 0.1) is 12.2 Å². The van der Waals surface area contributed by atoms with Gasteiger partial charge in [0, 0.05) is 23.0 Å². The molecule has 0 spiro atoms. The summed E-state index contributed by atoms with van der Waals surface area (Å²) in [5.74, 6) is -1.20. The summed E-state index contributed by atoms with van der Waals surface area (Å²) in [5.41, 5.74) is 1.82. The van der Waals surface area contributed by atoms with Gasteiger partial charge in [0.1, 0.15) is 17.5 Å². The molecule has 0 saturated carbocycles. The Balaban J connectivity index is 2.04. The minimum Gasteiger partial charge on any atom is -0.321 e. The molecule has 0 aliphatic carbocycles. The zero-order valence-electron chi connectivity index (χ0n) is 23.2. The Morgan fingerprint density at radius 2 is 1.85 bits per heavy atom. The van der Waals surface area contributed by atoms with Crippen molar-refractivity contribution in [3.8, 4) is 11.1 Å². The van der Waals surface area contributed by atoms with Crippen LogP contribution < -0.4 is 10.9 Å². The van der Waals surface area contributed by atoms with Gasteiger partial charge in [-0.3, -0.25) is 24.4 Å². The maximum absolute atomic E-state index is 15.5. The Morgan fingerprint density at radius 3 is 2.46 bits per heavy atom. The topological polar surface area (TPSA) is 105 Å². The third-order valence-electron chi connectivity index (χ3n) is 6.62. The molecule has 0 saturated heterocycles. The van der Waals surface area contributed by atoms with Crippen molar-refractivity contribution in [3.63, 3.8) is 0 Å². The molecule has 2 radical (unpaired) electrons. The first-order valence-electron chi connectivity index (χ1n) is 13.0. The third kappa shape index (κ3) is 7.16. The van der Waals surface area contributed by atoms with E-state index < -0.39 is 17.0 Å². The van der Waals surface area contributed by atoms with Crippen LogP contribution in [-0.4, -0.2) is 34.8 Å². The molecular weight excluding hydrogens is 494 g/mol. The molecule has 2 N–H and O–H groups in total. The van der Waals surface area contributed by atoms with E-state index in [2.05, 4.69) is 10.3 Å². The number of aromatic nitrogens is 2. The van der Waals surface area contributed by atoms with Gasteiger partial charge in [-0.2, -0.15) is 0 Å². The number of hydrogen-bond donors (Lipinski definition) is 2. The lowest BCUT2D eigenvalue weighted by Crippen LogP contribution is -2.35. The summed E-state index contributed by atoms with van der Waals surface area (Å²) in [6.07, 6.45) is 2.35. The summed E-state index contributed by atoms with van der Waals surface area (Å²) in [6.45, 7) is 9.09. The first-order chi connectivity index (χ1) is 18.3. The summed E-state index contributed by atoms with van der Waals surface area (Å²) < 4.78 is 16.9. The number of hydrogen-bond acceptors (Lipinski definition) is 5. The number of ketones is 1. The SMILES string of the molecule is [B]C(=O)NC(=N)c1ccccc1-c1ccc(Cc2c(CCCC)nc(C)n(CC(=O)C(C)(C)C)c2=O)c(F)c1. The number of amidine groups is 1. The number of aryl methyl sites for hydroxylation is 2. The van der Waals surface area contributed by atoms with Gasteiger partial charge in [-0.25, -0.2) is 9.37 Å². The number of amides is 1. The largest absolute Gasteiger partial charge is 0.321 e. The van der Waals surface area contributed by atoms with Crippen LogP contribution in [0.5, 0.6) is 0 Å². The number of carbonyl (C=O) groups is 2. The van der Waals surface area contributed by atoms with E-state index in [1.165, 1.54) is 10.6 Å². The number of Topliss-reactive ketones (excluding diaryl/α,β-unsaturated/α-hetero) is 1. The van der Waals surface area contributed by atoms with Gasteiger partial charge in [0.2, 0.25) is 7.85 Å². The van der Waals surface area contributed by atoms with E-state index >= 15 is 4.39 Å². The number of carbonyl (C=O) groups excluding carboxylic acids is 2. The molecule has 202 valence electrons. The standard InChI is InChI=1S/C30H34BFN4O3/c1-6-7-12-25-23(28(38)36(18(2)34-25)17-26(37)30(3,4)5)15-20-14-13-19(16-24(20)32)21-10-8-9-11-22(21)27(33)35-29(31)39/h8-11,13-14,16H,6-7,12,15,17H2,1-5H3,(H2,33,35,39). The van der Waals surface area contributed by atoms with Crippen LogP contribution in [0.1, 0.15) is 68.7 Å². The van der Waals surface area contributed by atoms with Gasteiger partial charge >= 0.3 is 0 Å². The van der Waals surface area contributed by atoms with Gasteiger partial charge in [0.15, 0.2) is 11.6 Å². The van der Waals surface area contributed by atoms with E-state index in [-0.39, 0.29) is 30.1 Å². The van der Waals surface area contributed by atoms with Crippen LogP contribution in [0.15, 0.2) is 47.3 Å². The van der Waals surface area contributed by atoms with Gasteiger partial charge in [-0.05, 0) is 42.5 Å². The number of benzene rings is 2. The Morgan fingerprint density at radius 1 is 1.15 bits per heavy atom. The molecule has 1 amide bonds. The second kappa shape index (κ2) is 12.3. The molecule has 0 fully saturated rings. The number of nitrogens with one attached hydrogen (secondary N) is 2. The Labute approximate surface area is 229 Å². The highest BCUT2D eigenvalue weighted by Crippen LogP contribution is 2.27. The van der Waals surface area contributed by atoms with Gasteiger partial charge in [0.25, 0.3) is 5.56 Å². The van der Waals surface area contributed by atoms with Crippen LogP contribution in [0.4, 0.5) is 9.18 Å². The Kier molecular flexibility index (Phi) is 9.38. The molecule has 1 aromatic heterocycles. The van der Waals surface area contributed by atoms with Crippen molar-refractivity contribution in [2.45, 2.75) is 66.8 Å². The molecule has 0 aliphatic heterocycles. The summed E-state index contributed by atoms with van der Waals surface area (Å²) in [5, 5.41) is 10.4. The zero-order chi connectivity index (χ0) is 28.9. The summed E-state index contributed by atoms with van der Waals surface area (Å²) in [7, 11) is 5.16. The lowest BCUT2D eigenvalue weighted by Gasteiger charge is -2.20. The highest BCUT2D eigenvalue weighted by molar-refractivity contribution is 6.58. The molecule has 3 rings (SSSR count). The summed E-state index contributed by atoms with van der Waals surface area (Å²) in [6, 6.07) is 11.5. The first kappa shape index (κ1) is 29.7. The minimum atomic E-state index is -0.864. The summed E-state index contributed by atoms with van der Waals surface area (Å²) >= 11 is 0. The van der Waals surface area contributed by atoms with Crippen LogP contribution in [0, 0.1) is 23.6 Å². The molecule has 2 aromatic carbocycles. The molecule has 0 bridgehead atoms. The number of rotatable bonds is 9. The van der Waals surface area contributed by atoms with Crippen LogP contribution >= 0.6 is 0 Å². The lowest BCUT2D eigenvalue weighted by atomic mass is 9.90. The van der Waals surface area contributed by atoms with Crippen LogP contribution in [0.25, 0.3) is 11.1 Å². The van der Waals surface area contributed by atoms with Gasteiger partial charge in [-0.1, -0.05) is 70.5 Å². The van der Waals surface area contributed by atoms with Crippen molar-refractivity contribution in [2.24, 2.45) is 5.41 Å². The first-order valence-corrected chi connectivity index (χ1v) is 13.0. The molecule has 0 aliphatic rings. The second-order valence-electron chi connectivity index (χ2n) is 10.6. The maximum Gasteiger partial charge on any atom is 0.257 e. The van der Waals surface area contributed by atoms with Crippen LogP contribution in [-0.2, 0) is 24.2 Å². The molecule has 39 heavy (non-hydrogen) atoms. The molecule has 7 nitrogen and oxygen atoms in total. The minimum absolute atomic E-state index is 0.0294. The highest BCUT2D eigenvalue weighted by Gasteiger charge is 2.24. The van der Waals surface area contributed by atoms with Crippen molar-refractivity contribution >= 4 is 25.3 Å². The fraction of sp³-hybridized carbons (Fsp3) is 0.367. The normalized spacial score (nSPS) is 11.3. The molecule has 1 heterocycles. The van der Waals surface area contributed by atoms with E-state index in [9.17, 15) is 14.4 Å². The van der Waals surface area contributed by atoms with Crippen molar-refractivity contribution in [3.05, 3.63) is 86.8 Å². The fourth-order valence-electron chi connectivity index (χ4n) is 4.24. The average molecular weight is 528 g/mol.